The Morgan fingerprint density at radius 1 is 0.812 bits per heavy atom. The summed E-state index contributed by atoms with van der Waals surface area (Å²) in [6.07, 6.45) is 12.1. The molecular weight excluding hydrogens is 192 g/mol. The van der Waals surface area contributed by atoms with Gasteiger partial charge in [-0.15, -0.1) is 0 Å². The summed E-state index contributed by atoms with van der Waals surface area (Å²) in [5.74, 6) is 3.75. The molecule has 1 aromatic rings. The van der Waals surface area contributed by atoms with Crippen molar-refractivity contribution in [3.63, 3.8) is 0 Å². The van der Waals surface area contributed by atoms with Crippen LogP contribution in [0, 0.1) is 5.92 Å². The summed E-state index contributed by atoms with van der Waals surface area (Å²) in [6, 6.07) is 5.01. The third kappa shape index (κ3) is 0.733. The van der Waals surface area contributed by atoms with E-state index in [0.717, 1.165) is 11.8 Å². The van der Waals surface area contributed by atoms with E-state index < -0.39 is 0 Å². The first-order chi connectivity index (χ1) is 7.90. The van der Waals surface area contributed by atoms with Gasteiger partial charge in [-0.2, -0.15) is 0 Å². The molecule has 1 aromatic carbocycles. The van der Waals surface area contributed by atoms with Crippen molar-refractivity contribution in [1.82, 2.24) is 0 Å². The van der Waals surface area contributed by atoms with E-state index in [9.17, 15) is 0 Å². The molecule has 4 aliphatic rings. The quantitative estimate of drug-likeness (QED) is 0.565. The standard InChI is InChI=1S/C16H13/c1-2-10-5-9(1)13-7-15-11-3-4-12(6-11)16(15)8-14(10)13/h1-4,7-11H,5-6H2. The molecule has 16 heavy (non-hydrogen) atoms. The highest BCUT2D eigenvalue weighted by atomic mass is 14.4. The monoisotopic (exact) mass is 205 g/mol. The Kier molecular flexibility index (Phi) is 1.16. The van der Waals surface area contributed by atoms with E-state index in [0.29, 0.717) is 5.92 Å². The Morgan fingerprint density at radius 2 is 1.62 bits per heavy atom. The first kappa shape index (κ1) is 7.89. The van der Waals surface area contributed by atoms with Crippen molar-refractivity contribution < 1.29 is 0 Å². The number of hydrogen-bond donors (Lipinski definition) is 0. The van der Waals surface area contributed by atoms with Crippen LogP contribution in [-0.2, 0) is 0 Å². The molecule has 4 aliphatic carbocycles. The number of fused-ring (bicyclic) bond motifs is 10. The SMILES string of the molecule is C1=CC2C[C]1c1cc3c(cc12)C1C=CC3C1. The summed E-state index contributed by atoms with van der Waals surface area (Å²) in [5, 5.41) is 0. The van der Waals surface area contributed by atoms with Gasteiger partial charge in [0.1, 0.15) is 0 Å². The lowest BCUT2D eigenvalue weighted by molar-refractivity contribution is 0.803. The zero-order valence-electron chi connectivity index (χ0n) is 9.11. The summed E-state index contributed by atoms with van der Waals surface area (Å²) in [4.78, 5) is 0. The highest BCUT2D eigenvalue weighted by molar-refractivity contribution is 5.63. The van der Waals surface area contributed by atoms with Gasteiger partial charge in [-0.25, -0.2) is 0 Å². The summed E-state index contributed by atoms with van der Waals surface area (Å²) in [7, 11) is 0. The van der Waals surface area contributed by atoms with Crippen LogP contribution in [0.2, 0.25) is 0 Å². The minimum atomic E-state index is 0.707. The molecule has 0 amide bonds. The first-order valence-corrected chi connectivity index (χ1v) is 6.30. The predicted octanol–water partition coefficient (Wildman–Crippen LogP) is 3.81. The van der Waals surface area contributed by atoms with Crippen molar-refractivity contribution in [1.29, 1.82) is 0 Å². The molecule has 0 heteroatoms. The van der Waals surface area contributed by atoms with Crippen LogP contribution in [0.5, 0.6) is 0 Å². The summed E-state index contributed by atoms with van der Waals surface area (Å²) < 4.78 is 0. The van der Waals surface area contributed by atoms with Gasteiger partial charge < -0.3 is 0 Å². The highest BCUT2D eigenvalue weighted by Crippen LogP contribution is 2.54. The average molecular weight is 205 g/mol. The largest absolute Gasteiger partial charge is 0.0804 e. The van der Waals surface area contributed by atoms with Gasteiger partial charge in [-0.05, 0) is 35.1 Å². The summed E-state index contributed by atoms with van der Waals surface area (Å²) in [5.41, 5.74) is 6.43. The maximum atomic E-state index is 2.51. The van der Waals surface area contributed by atoms with Gasteiger partial charge in [0.15, 0.2) is 0 Å². The molecule has 0 aromatic heterocycles. The minimum absolute atomic E-state index is 0.707. The van der Waals surface area contributed by atoms with Gasteiger partial charge in [0.2, 0.25) is 0 Å². The third-order valence-electron chi connectivity index (χ3n) is 4.85. The number of hydrogen-bond acceptors (Lipinski definition) is 0. The fraction of sp³-hybridized carbons (Fsp3) is 0.312. The molecule has 1 radical (unpaired) electrons. The van der Waals surface area contributed by atoms with Crippen molar-refractivity contribution >= 4 is 0 Å². The maximum Gasteiger partial charge on any atom is 0.0276 e. The van der Waals surface area contributed by atoms with Crippen LogP contribution in [0.15, 0.2) is 36.4 Å². The zero-order valence-corrected chi connectivity index (χ0v) is 9.11. The van der Waals surface area contributed by atoms with Gasteiger partial charge in [0.25, 0.3) is 0 Å². The third-order valence-corrected chi connectivity index (χ3v) is 4.85. The van der Waals surface area contributed by atoms with E-state index in [2.05, 4.69) is 36.4 Å². The van der Waals surface area contributed by atoms with E-state index in [1.54, 1.807) is 28.2 Å². The first-order valence-electron chi connectivity index (χ1n) is 6.30. The van der Waals surface area contributed by atoms with Crippen molar-refractivity contribution in [2.45, 2.75) is 30.6 Å². The van der Waals surface area contributed by atoms with Gasteiger partial charge in [0, 0.05) is 23.7 Å². The fourth-order valence-corrected chi connectivity index (χ4v) is 4.06. The molecule has 5 rings (SSSR count). The average Bonchev–Trinajstić information content (AvgIpc) is 3.07. The molecule has 0 saturated carbocycles. The van der Waals surface area contributed by atoms with Crippen LogP contribution in [0.25, 0.3) is 0 Å². The normalized spacial score (nSPS) is 36.1. The molecule has 0 fully saturated rings. The number of benzene rings is 1. The molecule has 3 atom stereocenters. The van der Waals surface area contributed by atoms with Crippen molar-refractivity contribution in [3.05, 3.63) is 64.6 Å². The Morgan fingerprint density at radius 3 is 2.50 bits per heavy atom. The van der Waals surface area contributed by atoms with Crippen LogP contribution in [0.1, 0.15) is 52.8 Å². The molecule has 3 unspecified atom stereocenters. The lowest BCUT2D eigenvalue weighted by atomic mass is 9.88. The van der Waals surface area contributed by atoms with Crippen LogP contribution in [0.4, 0.5) is 0 Å². The van der Waals surface area contributed by atoms with E-state index in [1.165, 1.54) is 12.8 Å². The second kappa shape index (κ2) is 2.34. The Hall–Kier alpha value is -1.30. The van der Waals surface area contributed by atoms with Gasteiger partial charge in [-0.3, -0.25) is 0 Å². The van der Waals surface area contributed by atoms with Gasteiger partial charge in [0.05, 0.1) is 0 Å². The number of rotatable bonds is 0. The predicted molar refractivity (Wildman–Crippen MR) is 64.5 cm³/mol. The Bertz CT molecular complexity index is 467. The molecule has 0 spiro atoms. The molecule has 0 aliphatic heterocycles. The van der Waals surface area contributed by atoms with Gasteiger partial charge in [-0.1, -0.05) is 36.4 Å². The zero-order chi connectivity index (χ0) is 10.3. The van der Waals surface area contributed by atoms with Crippen molar-refractivity contribution in [3.8, 4) is 0 Å². The second-order valence-electron chi connectivity index (χ2n) is 5.60. The van der Waals surface area contributed by atoms with Crippen LogP contribution >= 0.6 is 0 Å². The molecule has 0 nitrogen and oxygen atoms in total. The van der Waals surface area contributed by atoms with Gasteiger partial charge >= 0.3 is 0 Å². The van der Waals surface area contributed by atoms with Crippen LogP contribution in [0.3, 0.4) is 0 Å². The maximum absolute atomic E-state index is 2.51. The van der Waals surface area contributed by atoms with Crippen LogP contribution in [-0.4, -0.2) is 0 Å². The lowest BCUT2D eigenvalue weighted by Crippen LogP contribution is -2.00. The molecule has 4 bridgehead atoms. The molecule has 0 saturated heterocycles. The van der Waals surface area contributed by atoms with E-state index in [-0.39, 0.29) is 0 Å². The minimum Gasteiger partial charge on any atom is -0.0804 e. The van der Waals surface area contributed by atoms with Crippen LogP contribution < -0.4 is 0 Å². The fourth-order valence-electron chi connectivity index (χ4n) is 4.06. The van der Waals surface area contributed by atoms with E-state index >= 15 is 0 Å². The molecule has 0 N–H and O–H groups in total. The van der Waals surface area contributed by atoms with Crippen molar-refractivity contribution in [2.75, 3.05) is 0 Å². The Labute approximate surface area is 95.7 Å². The highest BCUT2D eigenvalue weighted by Gasteiger charge is 2.38. The van der Waals surface area contributed by atoms with E-state index in [1.807, 2.05) is 0 Å². The topological polar surface area (TPSA) is 0 Å². The summed E-state index contributed by atoms with van der Waals surface area (Å²) >= 11 is 0. The smallest absolute Gasteiger partial charge is 0.0276 e. The molecular formula is C16H13. The second-order valence-corrected chi connectivity index (χ2v) is 5.60. The summed E-state index contributed by atoms with van der Waals surface area (Å²) in [6.45, 7) is 0. The molecule has 77 valence electrons. The molecule has 0 heterocycles. The van der Waals surface area contributed by atoms with Crippen molar-refractivity contribution in [2.24, 2.45) is 0 Å². The van der Waals surface area contributed by atoms with E-state index in [4.69, 9.17) is 0 Å². The Balaban J connectivity index is 1.80. The lowest BCUT2D eigenvalue weighted by Gasteiger charge is -2.17. The number of allylic oxidation sites excluding steroid dienone is 4.